The zero-order valence-corrected chi connectivity index (χ0v) is 17.9. The monoisotopic (exact) mass is 444 g/mol. The maximum Gasteiger partial charge on any atom is 0.250 e. The fourth-order valence-corrected chi connectivity index (χ4v) is 4.48. The minimum Gasteiger partial charge on any atom is -0.479 e. The van der Waals surface area contributed by atoms with Gasteiger partial charge in [0, 0.05) is 48.8 Å². The molecule has 0 aromatic carbocycles. The number of methoxy groups -OCH3 is 1. The molecule has 1 N–H and O–H groups in total. The largest absolute Gasteiger partial charge is 0.479 e. The number of hydrogen-bond donors (Lipinski definition) is 1. The van der Waals surface area contributed by atoms with Crippen LogP contribution in [0, 0.1) is 11.7 Å². The lowest BCUT2D eigenvalue weighted by molar-refractivity contribution is 0.145. The van der Waals surface area contributed by atoms with E-state index in [-0.39, 0.29) is 11.8 Å². The van der Waals surface area contributed by atoms with E-state index in [9.17, 15) is 8.78 Å². The van der Waals surface area contributed by atoms with E-state index in [2.05, 4.69) is 15.4 Å². The first kappa shape index (κ1) is 21.0. The Morgan fingerprint density at radius 2 is 2.16 bits per heavy atom. The number of halogens is 2. The van der Waals surface area contributed by atoms with E-state index < -0.39 is 12.0 Å². The minimum atomic E-state index is -0.874. The molecular weight excluding hydrogens is 418 g/mol. The maximum atomic E-state index is 14.3. The summed E-state index contributed by atoms with van der Waals surface area (Å²) >= 11 is 0. The molecule has 32 heavy (non-hydrogen) atoms. The van der Waals surface area contributed by atoms with Crippen LogP contribution in [0.3, 0.4) is 0 Å². The van der Waals surface area contributed by atoms with Gasteiger partial charge in [0.05, 0.1) is 49.8 Å². The molecule has 3 aromatic heterocycles. The molecule has 0 unspecified atom stereocenters. The van der Waals surface area contributed by atoms with Crippen molar-refractivity contribution >= 4 is 0 Å². The summed E-state index contributed by atoms with van der Waals surface area (Å²) in [6.45, 7) is 2.90. The van der Waals surface area contributed by atoms with E-state index in [4.69, 9.17) is 14.6 Å². The van der Waals surface area contributed by atoms with E-state index in [0.29, 0.717) is 44.8 Å². The fourth-order valence-electron chi connectivity index (χ4n) is 4.48. The molecule has 3 aromatic rings. The maximum absolute atomic E-state index is 14.3. The SMILES string of the molecule is COc1ncc(-n2nc(-c3cnn(C[C@@H]4CCNC[C@@H]4F)c3)c3c2CCOCC3)cc1F. The number of piperidine rings is 1. The first-order chi connectivity index (χ1) is 15.6. The number of hydrogen-bond acceptors (Lipinski definition) is 6. The third-order valence-corrected chi connectivity index (χ3v) is 6.17. The Kier molecular flexibility index (Phi) is 5.88. The molecule has 8 nitrogen and oxygen atoms in total. The fraction of sp³-hybridized carbons (Fsp3) is 0.500. The van der Waals surface area contributed by atoms with E-state index in [1.807, 2.05) is 6.20 Å². The first-order valence-corrected chi connectivity index (χ1v) is 10.9. The van der Waals surface area contributed by atoms with Gasteiger partial charge in [-0.1, -0.05) is 0 Å². The highest BCUT2D eigenvalue weighted by molar-refractivity contribution is 5.64. The average molecular weight is 444 g/mol. The Morgan fingerprint density at radius 1 is 1.28 bits per heavy atom. The third kappa shape index (κ3) is 4.00. The predicted octanol–water partition coefficient (Wildman–Crippen LogP) is 2.34. The summed E-state index contributed by atoms with van der Waals surface area (Å²) in [5.41, 5.74) is 4.20. The lowest BCUT2D eigenvalue weighted by Crippen LogP contribution is -2.39. The molecule has 2 aliphatic heterocycles. The quantitative estimate of drug-likeness (QED) is 0.651. The van der Waals surface area contributed by atoms with E-state index >= 15 is 0 Å². The topological polar surface area (TPSA) is 79.0 Å². The molecule has 0 radical (unpaired) electrons. The van der Waals surface area contributed by atoms with Crippen molar-refractivity contribution in [2.24, 2.45) is 5.92 Å². The van der Waals surface area contributed by atoms with Gasteiger partial charge < -0.3 is 14.8 Å². The van der Waals surface area contributed by atoms with Crippen molar-refractivity contribution in [2.75, 3.05) is 33.4 Å². The second-order valence-corrected chi connectivity index (χ2v) is 8.20. The van der Waals surface area contributed by atoms with E-state index in [1.54, 1.807) is 21.8 Å². The molecule has 10 heteroatoms. The summed E-state index contributed by atoms with van der Waals surface area (Å²) < 4.78 is 42.7. The number of pyridine rings is 1. The summed E-state index contributed by atoms with van der Waals surface area (Å²) in [5.74, 6) is -0.655. The second-order valence-electron chi connectivity index (χ2n) is 8.20. The molecular formula is C22H26F2N6O2. The second kappa shape index (κ2) is 8.95. The average Bonchev–Trinajstić information content (AvgIpc) is 3.32. The molecule has 170 valence electrons. The molecule has 2 atom stereocenters. The van der Waals surface area contributed by atoms with Gasteiger partial charge in [0.1, 0.15) is 6.17 Å². The third-order valence-electron chi connectivity index (χ3n) is 6.17. The lowest BCUT2D eigenvalue weighted by atomic mass is 9.96. The van der Waals surface area contributed by atoms with Crippen LogP contribution in [0.2, 0.25) is 0 Å². The van der Waals surface area contributed by atoms with E-state index in [0.717, 1.165) is 35.5 Å². The number of nitrogens with one attached hydrogen (secondary N) is 1. The number of alkyl halides is 1. The Balaban J connectivity index is 1.49. The molecule has 5 heterocycles. The Morgan fingerprint density at radius 3 is 2.97 bits per heavy atom. The van der Waals surface area contributed by atoms with Gasteiger partial charge >= 0.3 is 0 Å². The molecule has 0 amide bonds. The Bertz CT molecular complexity index is 1100. The van der Waals surface area contributed by atoms with Gasteiger partial charge in [-0.3, -0.25) is 4.68 Å². The molecule has 5 rings (SSSR count). The summed E-state index contributed by atoms with van der Waals surface area (Å²) in [5, 5.41) is 12.4. The lowest BCUT2D eigenvalue weighted by Gasteiger charge is -2.26. The molecule has 0 aliphatic carbocycles. The highest BCUT2D eigenvalue weighted by Gasteiger charge is 2.26. The van der Waals surface area contributed by atoms with Crippen molar-refractivity contribution in [2.45, 2.75) is 32.0 Å². The van der Waals surface area contributed by atoms with Gasteiger partial charge in [0.25, 0.3) is 0 Å². The van der Waals surface area contributed by atoms with Crippen LogP contribution >= 0.6 is 0 Å². The summed E-state index contributed by atoms with van der Waals surface area (Å²) in [6.07, 6.45) is 6.49. The zero-order valence-electron chi connectivity index (χ0n) is 17.9. The van der Waals surface area contributed by atoms with Gasteiger partial charge in [-0.05, 0) is 19.4 Å². The van der Waals surface area contributed by atoms with Gasteiger partial charge in [-0.25, -0.2) is 18.4 Å². The minimum absolute atomic E-state index is 0.0547. The molecule has 2 aliphatic rings. The highest BCUT2D eigenvalue weighted by atomic mass is 19.1. The Hall–Kier alpha value is -2.85. The van der Waals surface area contributed by atoms with Crippen LogP contribution in [0.1, 0.15) is 17.7 Å². The van der Waals surface area contributed by atoms with Crippen LogP contribution in [-0.4, -0.2) is 64.1 Å². The molecule has 0 spiro atoms. The molecule has 0 bridgehead atoms. The van der Waals surface area contributed by atoms with Crippen LogP contribution in [0.5, 0.6) is 5.88 Å². The number of ether oxygens (including phenoxy) is 2. The number of nitrogens with zero attached hydrogens (tertiary/aromatic N) is 5. The number of rotatable bonds is 5. The van der Waals surface area contributed by atoms with Gasteiger partial charge in [0.15, 0.2) is 5.82 Å². The number of aromatic nitrogens is 5. The van der Waals surface area contributed by atoms with Crippen LogP contribution < -0.4 is 10.1 Å². The molecule has 0 saturated carbocycles. The Labute approximate surface area is 184 Å². The van der Waals surface area contributed by atoms with Crippen molar-refractivity contribution in [3.63, 3.8) is 0 Å². The summed E-state index contributed by atoms with van der Waals surface area (Å²) in [4.78, 5) is 4.06. The van der Waals surface area contributed by atoms with Crippen LogP contribution in [-0.2, 0) is 24.1 Å². The van der Waals surface area contributed by atoms with Crippen LogP contribution in [0.25, 0.3) is 16.9 Å². The van der Waals surface area contributed by atoms with Crippen molar-refractivity contribution in [1.82, 2.24) is 29.9 Å². The van der Waals surface area contributed by atoms with Gasteiger partial charge in [-0.15, -0.1) is 0 Å². The van der Waals surface area contributed by atoms with Gasteiger partial charge in [-0.2, -0.15) is 10.2 Å². The normalized spacial score (nSPS) is 21.2. The highest BCUT2D eigenvalue weighted by Crippen LogP contribution is 2.31. The van der Waals surface area contributed by atoms with Crippen molar-refractivity contribution in [1.29, 1.82) is 0 Å². The van der Waals surface area contributed by atoms with Crippen molar-refractivity contribution < 1.29 is 18.3 Å². The van der Waals surface area contributed by atoms with Crippen molar-refractivity contribution in [3.05, 3.63) is 41.7 Å². The van der Waals surface area contributed by atoms with Gasteiger partial charge in [0.2, 0.25) is 5.88 Å². The summed E-state index contributed by atoms with van der Waals surface area (Å²) in [6, 6.07) is 1.37. The zero-order chi connectivity index (χ0) is 22.1. The van der Waals surface area contributed by atoms with Crippen LogP contribution in [0.4, 0.5) is 8.78 Å². The smallest absolute Gasteiger partial charge is 0.250 e. The summed E-state index contributed by atoms with van der Waals surface area (Å²) in [7, 11) is 1.38. The first-order valence-electron chi connectivity index (χ1n) is 10.9. The van der Waals surface area contributed by atoms with E-state index in [1.165, 1.54) is 13.2 Å². The van der Waals surface area contributed by atoms with Crippen molar-refractivity contribution in [3.8, 4) is 22.8 Å². The number of fused-ring (bicyclic) bond motifs is 1. The predicted molar refractivity (Wildman–Crippen MR) is 113 cm³/mol. The van der Waals surface area contributed by atoms with Crippen LogP contribution in [0.15, 0.2) is 24.7 Å². The molecule has 1 fully saturated rings. The molecule has 1 saturated heterocycles. The standard InChI is InChI=1S/C22H26F2N6O2/c1-31-22-18(23)8-16(10-26-22)30-20-4-7-32-6-3-17(20)21(28-30)15-9-27-29(13-15)12-14-2-5-25-11-19(14)24/h8-10,13-14,19,25H,2-7,11-12H2,1H3/t14-,19-/m0/s1.